The van der Waals surface area contributed by atoms with Gasteiger partial charge in [-0.05, 0) is 18.4 Å². The summed E-state index contributed by atoms with van der Waals surface area (Å²) < 4.78 is 6.07. The van der Waals surface area contributed by atoms with Gasteiger partial charge < -0.3 is 19.7 Å². The molecule has 0 heterocycles. The number of carboxylic acids is 1. The molecule has 0 saturated carbocycles. The molecule has 0 spiro atoms. The molecule has 4 nitrogen and oxygen atoms in total. The van der Waals surface area contributed by atoms with Crippen LogP contribution in [0.1, 0.15) is 96.5 Å². The largest absolute Gasteiger partial charge is 0.550 e. The zero-order valence-electron chi connectivity index (χ0n) is 18.5. The molecule has 29 heavy (non-hydrogen) atoms. The quantitative estimate of drug-likeness (QED) is 0.348. The molecular weight excluding hydrogens is 364 g/mol. The van der Waals surface area contributed by atoms with Gasteiger partial charge in [-0.3, -0.25) is 0 Å². The Labute approximate surface area is 177 Å². The zero-order chi connectivity index (χ0) is 21.3. The number of carbonyl (C=O) groups excluding carboxylic acids is 1. The van der Waals surface area contributed by atoms with Crippen molar-refractivity contribution in [2.45, 2.75) is 110 Å². The molecule has 3 atom stereocenters. The van der Waals surface area contributed by atoms with Gasteiger partial charge in [0.1, 0.15) is 0 Å². The molecule has 166 valence electrons. The molecular formula is C25H41O4-. The lowest BCUT2D eigenvalue weighted by Crippen LogP contribution is -2.40. The number of rotatable bonds is 18. The number of carbonyl (C=O) groups is 1. The SMILES string of the molecule is CCCCCCCCCCC[C@H](C[C@H](O)[C@H](CC)C(=O)[O-])OCc1ccccc1. The zero-order valence-corrected chi connectivity index (χ0v) is 18.5. The Kier molecular flexibility index (Phi) is 14.5. The van der Waals surface area contributed by atoms with Crippen LogP contribution in [0, 0.1) is 5.92 Å². The number of unbranched alkanes of at least 4 members (excludes halogenated alkanes) is 8. The van der Waals surface area contributed by atoms with Gasteiger partial charge in [0.25, 0.3) is 0 Å². The number of carboxylic acid groups (broad SMARTS) is 1. The van der Waals surface area contributed by atoms with Crippen LogP contribution in [0.3, 0.4) is 0 Å². The Morgan fingerprint density at radius 2 is 1.55 bits per heavy atom. The predicted octanol–water partition coefficient (Wildman–Crippen LogP) is 5.02. The van der Waals surface area contributed by atoms with Crippen LogP contribution in [0.5, 0.6) is 0 Å². The van der Waals surface area contributed by atoms with Gasteiger partial charge in [-0.1, -0.05) is 102 Å². The lowest BCUT2D eigenvalue weighted by atomic mass is 9.93. The average Bonchev–Trinajstić information content (AvgIpc) is 2.71. The monoisotopic (exact) mass is 405 g/mol. The molecule has 0 aliphatic heterocycles. The summed E-state index contributed by atoms with van der Waals surface area (Å²) in [6.45, 7) is 4.49. The van der Waals surface area contributed by atoms with Crippen molar-refractivity contribution in [1.29, 1.82) is 0 Å². The summed E-state index contributed by atoms with van der Waals surface area (Å²) in [4.78, 5) is 11.2. The summed E-state index contributed by atoms with van der Waals surface area (Å²) >= 11 is 0. The third kappa shape index (κ3) is 12.0. The van der Waals surface area contributed by atoms with Crippen LogP contribution in [0.4, 0.5) is 0 Å². The van der Waals surface area contributed by atoms with Crippen LogP contribution in [0.25, 0.3) is 0 Å². The van der Waals surface area contributed by atoms with E-state index in [2.05, 4.69) is 6.92 Å². The van der Waals surface area contributed by atoms with Gasteiger partial charge in [-0.25, -0.2) is 0 Å². The second-order valence-electron chi connectivity index (χ2n) is 8.17. The van der Waals surface area contributed by atoms with E-state index in [1.807, 2.05) is 30.3 Å². The molecule has 1 aromatic carbocycles. The highest BCUT2D eigenvalue weighted by atomic mass is 16.5. The van der Waals surface area contributed by atoms with Crippen LogP contribution in [-0.4, -0.2) is 23.3 Å². The van der Waals surface area contributed by atoms with Crippen LogP contribution >= 0.6 is 0 Å². The van der Waals surface area contributed by atoms with Crippen molar-refractivity contribution in [2.75, 3.05) is 0 Å². The van der Waals surface area contributed by atoms with E-state index in [-0.39, 0.29) is 6.10 Å². The normalized spacial score (nSPS) is 14.4. The van der Waals surface area contributed by atoms with Crippen LogP contribution < -0.4 is 5.11 Å². The number of aliphatic hydroxyl groups excluding tert-OH is 1. The molecule has 1 rings (SSSR count). The highest BCUT2D eigenvalue weighted by molar-refractivity contribution is 5.68. The minimum absolute atomic E-state index is 0.136. The van der Waals surface area contributed by atoms with Crippen molar-refractivity contribution in [1.82, 2.24) is 0 Å². The number of benzene rings is 1. The van der Waals surface area contributed by atoms with Gasteiger partial charge in [0.05, 0.1) is 18.8 Å². The average molecular weight is 406 g/mol. The maximum atomic E-state index is 11.2. The first kappa shape index (κ1) is 25.6. The van der Waals surface area contributed by atoms with E-state index in [4.69, 9.17) is 4.74 Å². The number of aliphatic carboxylic acids is 1. The summed E-state index contributed by atoms with van der Waals surface area (Å²) in [5, 5.41) is 21.6. The number of ether oxygens (including phenoxy) is 1. The number of aliphatic hydroxyl groups is 1. The Morgan fingerprint density at radius 3 is 2.10 bits per heavy atom. The highest BCUT2D eigenvalue weighted by Gasteiger charge is 2.23. The molecule has 1 N–H and O–H groups in total. The minimum atomic E-state index is -1.18. The van der Waals surface area contributed by atoms with E-state index < -0.39 is 18.0 Å². The molecule has 0 aliphatic rings. The lowest BCUT2D eigenvalue weighted by Gasteiger charge is -2.27. The summed E-state index contributed by atoms with van der Waals surface area (Å²) in [5.41, 5.74) is 1.09. The molecule has 0 radical (unpaired) electrons. The molecule has 0 saturated heterocycles. The van der Waals surface area contributed by atoms with Gasteiger partial charge in [0.2, 0.25) is 0 Å². The molecule has 4 heteroatoms. The van der Waals surface area contributed by atoms with Gasteiger partial charge in [-0.2, -0.15) is 0 Å². The Morgan fingerprint density at radius 1 is 0.966 bits per heavy atom. The molecule has 0 aromatic heterocycles. The van der Waals surface area contributed by atoms with E-state index in [0.717, 1.165) is 24.8 Å². The van der Waals surface area contributed by atoms with Crippen LogP contribution in [-0.2, 0) is 16.1 Å². The van der Waals surface area contributed by atoms with Crippen LogP contribution in [0.2, 0.25) is 0 Å². The maximum Gasteiger partial charge on any atom is 0.0720 e. The molecule has 0 bridgehead atoms. The highest BCUT2D eigenvalue weighted by Crippen LogP contribution is 2.20. The van der Waals surface area contributed by atoms with Gasteiger partial charge in [0.15, 0.2) is 0 Å². The van der Waals surface area contributed by atoms with Crippen LogP contribution in [0.15, 0.2) is 30.3 Å². The van der Waals surface area contributed by atoms with Crippen molar-refractivity contribution in [3.05, 3.63) is 35.9 Å². The Balaban J connectivity index is 2.40. The smallest absolute Gasteiger partial charge is 0.0720 e. The third-order valence-electron chi connectivity index (χ3n) is 5.67. The first-order chi connectivity index (χ1) is 14.1. The van der Waals surface area contributed by atoms with Gasteiger partial charge in [0, 0.05) is 18.3 Å². The fraction of sp³-hybridized carbons (Fsp3) is 0.720. The fourth-order valence-electron chi connectivity index (χ4n) is 3.77. The molecule has 0 amide bonds. The summed E-state index contributed by atoms with van der Waals surface area (Å²) in [7, 11) is 0. The number of hydrogen-bond acceptors (Lipinski definition) is 4. The standard InChI is InChI=1S/C25H42O4/c1-3-5-6-7-8-9-10-11-15-18-22(19-24(26)23(4-2)25(27)28)29-20-21-16-13-12-14-17-21/h12-14,16-17,22-24,26H,3-11,15,18-20H2,1-2H3,(H,27,28)/p-1/t22-,23+,24+/m1/s1. The molecule has 1 aromatic rings. The van der Waals surface area contributed by atoms with E-state index in [1.54, 1.807) is 6.92 Å². The van der Waals surface area contributed by atoms with E-state index >= 15 is 0 Å². The van der Waals surface area contributed by atoms with E-state index in [9.17, 15) is 15.0 Å². The second-order valence-corrected chi connectivity index (χ2v) is 8.17. The summed E-state index contributed by atoms with van der Waals surface area (Å²) in [6, 6.07) is 9.96. The number of hydrogen-bond donors (Lipinski definition) is 1. The minimum Gasteiger partial charge on any atom is -0.550 e. The molecule has 0 aliphatic carbocycles. The predicted molar refractivity (Wildman–Crippen MR) is 116 cm³/mol. The topological polar surface area (TPSA) is 69.6 Å². The summed E-state index contributed by atoms with van der Waals surface area (Å²) in [5.74, 6) is -2.01. The first-order valence-electron chi connectivity index (χ1n) is 11.6. The van der Waals surface area contributed by atoms with E-state index in [1.165, 1.54) is 44.9 Å². The van der Waals surface area contributed by atoms with Crippen molar-refractivity contribution in [3.8, 4) is 0 Å². The fourth-order valence-corrected chi connectivity index (χ4v) is 3.77. The Bertz CT molecular complexity index is 517. The van der Waals surface area contributed by atoms with Crippen molar-refractivity contribution in [3.63, 3.8) is 0 Å². The van der Waals surface area contributed by atoms with E-state index in [0.29, 0.717) is 19.4 Å². The second kappa shape index (κ2) is 16.4. The van der Waals surface area contributed by atoms with Gasteiger partial charge in [-0.15, -0.1) is 0 Å². The van der Waals surface area contributed by atoms with Crippen molar-refractivity contribution in [2.24, 2.45) is 5.92 Å². The van der Waals surface area contributed by atoms with Crippen molar-refractivity contribution >= 4 is 5.97 Å². The summed E-state index contributed by atoms with van der Waals surface area (Å²) in [6.07, 6.45) is 11.8. The third-order valence-corrected chi connectivity index (χ3v) is 5.67. The first-order valence-corrected chi connectivity index (χ1v) is 11.6. The maximum absolute atomic E-state index is 11.2. The van der Waals surface area contributed by atoms with Gasteiger partial charge >= 0.3 is 0 Å². The molecule has 0 unspecified atom stereocenters. The lowest BCUT2D eigenvalue weighted by molar-refractivity contribution is -0.314. The molecule has 0 fully saturated rings. The van der Waals surface area contributed by atoms with Crippen molar-refractivity contribution < 1.29 is 19.7 Å². The Hall–Kier alpha value is -1.39.